The lowest BCUT2D eigenvalue weighted by atomic mass is 10.2. The molecule has 1 fully saturated rings. The van der Waals surface area contributed by atoms with Gasteiger partial charge in [0.05, 0.1) is 0 Å². The molecule has 0 unspecified atom stereocenters. The summed E-state index contributed by atoms with van der Waals surface area (Å²) in [6, 6.07) is 0. The van der Waals surface area contributed by atoms with Crippen molar-refractivity contribution in [2.24, 2.45) is 0 Å². The standard InChI is InChI=1S/C13H20N2O5S/c1-9-11(13(16)17)12(10(2)20-9)21(18,19)14-5-8-15-6-3-4-7-15/h14H,3-8H2,1-2H3,(H,16,17). The van der Waals surface area contributed by atoms with Crippen molar-refractivity contribution in [3.63, 3.8) is 0 Å². The summed E-state index contributed by atoms with van der Waals surface area (Å²) in [5.41, 5.74) is -0.291. The molecule has 1 aliphatic rings. The van der Waals surface area contributed by atoms with Gasteiger partial charge in [0.1, 0.15) is 22.0 Å². The van der Waals surface area contributed by atoms with E-state index in [9.17, 15) is 13.2 Å². The third-order valence-corrected chi connectivity index (χ3v) is 5.22. The SMILES string of the molecule is Cc1oc(C)c(S(=O)(=O)NCCN2CCCC2)c1C(=O)O. The number of hydrogen-bond donors (Lipinski definition) is 2. The second kappa shape index (κ2) is 6.17. The number of rotatable bonds is 6. The second-order valence-electron chi connectivity index (χ2n) is 5.17. The quantitative estimate of drug-likeness (QED) is 0.811. The van der Waals surface area contributed by atoms with Gasteiger partial charge in [-0.3, -0.25) is 0 Å². The maximum absolute atomic E-state index is 12.3. The molecule has 2 N–H and O–H groups in total. The lowest BCUT2D eigenvalue weighted by Gasteiger charge is -2.14. The lowest BCUT2D eigenvalue weighted by molar-refractivity contribution is 0.0691. The number of sulfonamides is 1. The molecule has 0 aromatic carbocycles. The highest BCUT2D eigenvalue weighted by Crippen LogP contribution is 2.26. The zero-order chi connectivity index (χ0) is 15.6. The number of hydrogen-bond acceptors (Lipinski definition) is 5. The van der Waals surface area contributed by atoms with Gasteiger partial charge in [-0.15, -0.1) is 0 Å². The number of aryl methyl sites for hydroxylation is 2. The summed E-state index contributed by atoms with van der Waals surface area (Å²) in [6.07, 6.45) is 2.27. The zero-order valence-corrected chi connectivity index (χ0v) is 13.0. The van der Waals surface area contributed by atoms with Gasteiger partial charge >= 0.3 is 5.97 Å². The number of furan rings is 1. The third-order valence-electron chi connectivity index (χ3n) is 3.61. The minimum Gasteiger partial charge on any atom is -0.478 e. The van der Waals surface area contributed by atoms with E-state index < -0.39 is 16.0 Å². The molecule has 1 aliphatic heterocycles. The van der Waals surface area contributed by atoms with Crippen molar-refractivity contribution in [2.45, 2.75) is 31.6 Å². The number of carboxylic acids is 1. The van der Waals surface area contributed by atoms with Crippen LogP contribution in [0.5, 0.6) is 0 Å². The second-order valence-corrected chi connectivity index (χ2v) is 6.87. The normalized spacial score (nSPS) is 16.5. The third kappa shape index (κ3) is 3.45. The van der Waals surface area contributed by atoms with Crippen LogP contribution in [0.15, 0.2) is 9.31 Å². The Kier molecular flexibility index (Phi) is 4.70. The van der Waals surface area contributed by atoms with Gasteiger partial charge in [-0.2, -0.15) is 0 Å². The highest BCUT2D eigenvalue weighted by molar-refractivity contribution is 7.89. The number of nitrogens with zero attached hydrogens (tertiary/aromatic N) is 1. The Morgan fingerprint density at radius 3 is 2.48 bits per heavy atom. The number of aromatic carboxylic acids is 1. The van der Waals surface area contributed by atoms with Gasteiger partial charge in [-0.05, 0) is 39.8 Å². The first-order valence-corrected chi connectivity index (χ1v) is 8.36. The summed E-state index contributed by atoms with van der Waals surface area (Å²) < 4.78 is 32.2. The molecule has 2 heterocycles. The fourth-order valence-electron chi connectivity index (χ4n) is 2.65. The first-order valence-electron chi connectivity index (χ1n) is 6.88. The largest absolute Gasteiger partial charge is 0.478 e. The summed E-state index contributed by atoms with van der Waals surface area (Å²) in [6.45, 7) is 5.73. The summed E-state index contributed by atoms with van der Waals surface area (Å²) in [7, 11) is -3.89. The Morgan fingerprint density at radius 1 is 1.29 bits per heavy atom. The van der Waals surface area contributed by atoms with E-state index in [1.54, 1.807) is 0 Å². The molecule has 0 radical (unpaired) electrons. The fraction of sp³-hybridized carbons (Fsp3) is 0.615. The molecule has 0 atom stereocenters. The van der Waals surface area contributed by atoms with Crippen molar-refractivity contribution in [1.29, 1.82) is 0 Å². The van der Waals surface area contributed by atoms with E-state index in [1.165, 1.54) is 13.8 Å². The number of carbonyl (C=O) groups is 1. The molecule has 1 aromatic heterocycles. The minimum absolute atomic E-state index is 0.0959. The molecule has 0 spiro atoms. The number of nitrogens with one attached hydrogen (secondary N) is 1. The minimum atomic E-state index is -3.89. The van der Waals surface area contributed by atoms with Crippen LogP contribution in [-0.2, 0) is 10.0 Å². The summed E-state index contributed by atoms with van der Waals surface area (Å²) >= 11 is 0. The van der Waals surface area contributed by atoms with Crippen molar-refractivity contribution < 1.29 is 22.7 Å². The molecule has 0 aliphatic carbocycles. The van der Waals surface area contributed by atoms with Crippen LogP contribution in [0.25, 0.3) is 0 Å². The van der Waals surface area contributed by atoms with Gasteiger partial charge in [-0.1, -0.05) is 0 Å². The molecule has 1 aromatic rings. The van der Waals surface area contributed by atoms with Crippen molar-refractivity contribution in [3.8, 4) is 0 Å². The van der Waals surface area contributed by atoms with E-state index in [4.69, 9.17) is 9.52 Å². The maximum atomic E-state index is 12.3. The number of carboxylic acid groups (broad SMARTS) is 1. The first-order chi connectivity index (χ1) is 9.83. The molecule has 1 saturated heterocycles. The topological polar surface area (TPSA) is 99.9 Å². The van der Waals surface area contributed by atoms with Crippen LogP contribution >= 0.6 is 0 Å². The van der Waals surface area contributed by atoms with Crippen LogP contribution in [0.2, 0.25) is 0 Å². The first kappa shape index (κ1) is 16.0. The van der Waals surface area contributed by atoms with Gasteiger partial charge in [-0.25, -0.2) is 17.9 Å². The van der Waals surface area contributed by atoms with E-state index in [1.807, 2.05) is 0 Å². The molecule has 0 amide bonds. The van der Waals surface area contributed by atoms with Crippen LogP contribution in [0.4, 0.5) is 0 Å². The Balaban J connectivity index is 2.13. The van der Waals surface area contributed by atoms with Crippen LogP contribution in [-0.4, -0.2) is 50.6 Å². The maximum Gasteiger partial charge on any atom is 0.340 e. The summed E-state index contributed by atoms with van der Waals surface area (Å²) in [5.74, 6) is -1.11. The van der Waals surface area contributed by atoms with Crippen LogP contribution in [0, 0.1) is 13.8 Å². The Bertz CT molecular complexity index is 629. The van der Waals surface area contributed by atoms with Crippen molar-refractivity contribution in [1.82, 2.24) is 9.62 Å². The van der Waals surface area contributed by atoms with E-state index >= 15 is 0 Å². The van der Waals surface area contributed by atoms with E-state index in [0.717, 1.165) is 25.9 Å². The Hall–Kier alpha value is -1.38. The van der Waals surface area contributed by atoms with E-state index in [2.05, 4.69) is 9.62 Å². The molecule has 21 heavy (non-hydrogen) atoms. The number of likely N-dealkylation sites (tertiary alicyclic amines) is 1. The molecule has 8 heteroatoms. The predicted molar refractivity (Wildman–Crippen MR) is 76.0 cm³/mol. The monoisotopic (exact) mass is 316 g/mol. The zero-order valence-electron chi connectivity index (χ0n) is 12.2. The van der Waals surface area contributed by atoms with Crippen molar-refractivity contribution in [2.75, 3.05) is 26.2 Å². The predicted octanol–water partition coefficient (Wildman–Crippen LogP) is 0.969. The highest BCUT2D eigenvalue weighted by Gasteiger charge is 2.30. The average Bonchev–Trinajstić information content (AvgIpc) is 2.96. The van der Waals surface area contributed by atoms with Gasteiger partial charge in [0.15, 0.2) is 0 Å². The van der Waals surface area contributed by atoms with Gasteiger partial charge in [0.25, 0.3) is 0 Å². The average molecular weight is 316 g/mol. The highest BCUT2D eigenvalue weighted by atomic mass is 32.2. The van der Waals surface area contributed by atoms with Gasteiger partial charge in [0.2, 0.25) is 10.0 Å². The Labute approximate surface area is 124 Å². The molecule has 0 bridgehead atoms. The lowest BCUT2D eigenvalue weighted by Crippen LogP contribution is -2.34. The summed E-state index contributed by atoms with van der Waals surface area (Å²) in [4.78, 5) is 13.1. The molecule has 118 valence electrons. The molecular weight excluding hydrogens is 296 g/mol. The van der Waals surface area contributed by atoms with E-state index in [-0.39, 0.29) is 28.5 Å². The van der Waals surface area contributed by atoms with E-state index in [0.29, 0.717) is 6.54 Å². The molecule has 7 nitrogen and oxygen atoms in total. The van der Waals surface area contributed by atoms with Gasteiger partial charge in [0, 0.05) is 13.1 Å². The molecule has 2 rings (SSSR count). The van der Waals surface area contributed by atoms with Crippen LogP contribution in [0.3, 0.4) is 0 Å². The summed E-state index contributed by atoms with van der Waals surface area (Å²) in [5, 5.41) is 9.16. The van der Waals surface area contributed by atoms with Crippen molar-refractivity contribution >= 4 is 16.0 Å². The van der Waals surface area contributed by atoms with Crippen LogP contribution in [0.1, 0.15) is 34.7 Å². The van der Waals surface area contributed by atoms with Gasteiger partial charge < -0.3 is 14.4 Å². The van der Waals surface area contributed by atoms with Crippen molar-refractivity contribution in [3.05, 3.63) is 17.1 Å². The Morgan fingerprint density at radius 2 is 1.90 bits per heavy atom. The smallest absolute Gasteiger partial charge is 0.340 e. The molecular formula is C13H20N2O5S. The fourth-order valence-corrected chi connectivity index (χ4v) is 4.07. The molecule has 0 saturated carbocycles. The van der Waals surface area contributed by atoms with Crippen LogP contribution < -0.4 is 4.72 Å².